The van der Waals surface area contributed by atoms with Crippen molar-refractivity contribution in [3.63, 3.8) is 0 Å². The van der Waals surface area contributed by atoms with Gasteiger partial charge in [-0.05, 0) is 50.1 Å². The predicted octanol–water partition coefficient (Wildman–Crippen LogP) is 5.03. The van der Waals surface area contributed by atoms with Crippen molar-refractivity contribution in [3.05, 3.63) is 65.4 Å². The molecule has 9 heteroatoms. The summed E-state index contributed by atoms with van der Waals surface area (Å²) in [5.74, 6) is 1.20. The van der Waals surface area contributed by atoms with Gasteiger partial charge in [-0.25, -0.2) is 14.6 Å². The first-order valence-electron chi connectivity index (χ1n) is 11.2. The molecule has 0 spiro atoms. The Balaban J connectivity index is 1.61. The van der Waals surface area contributed by atoms with Crippen LogP contribution in [-0.2, 0) is 9.53 Å². The number of nitrogens with zero attached hydrogens (tertiary/aromatic N) is 2. The van der Waals surface area contributed by atoms with Gasteiger partial charge < -0.3 is 25.0 Å². The summed E-state index contributed by atoms with van der Waals surface area (Å²) in [6.45, 7) is 4.72. The molecular weight excluding hydrogens is 452 g/mol. The standard InChI is InChI=1S/C25H28N4O4S/c1-4-33-23(30)21-16(2)26-25-29(13-8-14-34-25)22(21)17-9-7-10-18(15-17)27-24(31)28-19-11-5-6-12-20(19)32-3/h5-7,9-12,15,22H,4,8,13-14H2,1-3H3,(H2,27,28,31). The van der Waals surface area contributed by atoms with Crippen molar-refractivity contribution in [2.45, 2.75) is 26.3 Å². The fraction of sp³-hybridized carbons (Fsp3) is 0.320. The minimum Gasteiger partial charge on any atom is -0.495 e. The zero-order chi connectivity index (χ0) is 24.1. The van der Waals surface area contributed by atoms with Gasteiger partial charge in [-0.2, -0.15) is 0 Å². The molecule has 2 aromatic carbocycles. The molecule has 2 heterocycles. The van der Waals surface area contributed by atoms with Crippen molar-refractivity contribution in [1.29, 1.82) is 0 Å². The largest absolute Gasteiger partial charge is 0.495 e. The van der Waals surface area contributed by atoms with Crippen LogP contribution in [0.3, 0.4) is 0 Å². The second kappa shape index (κ2) is 10.6. The van der Waals surface area contributed by atoms with Gasteiger partial charge in [0.2, 0.25) is 0 Å². The van der Waals surface area contributed by atoms with Crippen LogP contribution in [0.1, 0.15) is 31.9 Å². The summed E-state index contributed by atoms with van der Waals surface area (Å²) in [6, 6.07) is 14.0. The highest BCUT2D eigenvalue weighted by molar-refractivity contribution is 8.13. The highest BCUT2D eigenvalue weighted by Crippen LogP contribution is 2.40. The molecule has 0 aliphatic carbocycles. The number of benzene rings is 2. The number of fused-ring (bicyclic) bond motifs is 1. The summed E-state index contributed by atoms with van der Waals surface area (Å²) in [4.78, 5) is 32.4. The van der Waals surface area contributed by atoms with Gasteiger partial charge in [-0.1, -0.05) is 36.0 Å². The van der Waals surface area contributed by atoms with Crippen LogP contribution in [0.5, 0.6) is 5.75 Å². The van der Waals surface area contributed by atoms with E-state index in [1.165, 1.54) is 0 Å². The van der Waals surface area contributed by atoms with Gasteiger partial charge in [0.15, 0.2) is 5.17 Å². The number of hydrogen-bond acceptors (Lipinski definition) is 7. The molecule has 4 rings (SSSR count). The van der Waals surface area contributed by atoms with Crippen LogP contribution in [0.2, 0.25) is 0 Å². The topological polar surface area (TPSA) is 92.3 Å². The molecule has 1 fully saturated rings. The molecule has 2 aromatic rings. The van der Waals surface area contributed by atoms with E-state index >= 15 is 0 Å². The highest BCUT2D eigenvalue weighted by Gasteiger charge is 2.37. The number of esters is 1. The Morgan fingerprint density at radius 1 is 1.18 bits per heavy atom. The minimum absolute atomic E-state index is 0.290. The maximum atomic E-state index is 12.9. The number of carbonyl (C=O) groups is 2. The average Bonchev–Trinajstić information content (AvgIpc) is 2.83. The number of thioether (sulfide) groups is 1. The zero-order valence-electron chi connectivity index (χ0n) is 19.5. The van der Waals surface area contributed by atoms with Gasteiger partial charge >= 0.3 is 12.0 Å². The number of para-hydroxylation sites is 2. The van der Waals surface area contributed by atoms with Crippen molar-refractivity contribution in [2.75, 3.05) is 36.6 Å². The van der Waals surface area contributed by atoms with E-state index in [4.69, 9.17) is 14.5 Å². The number of methoxy groups -OCH3 is 1. The van der Waals surface area contributed by atoms with Crippen molar-refractivity contribution in [1.82, 2.24) is 4.90 Å². The number of amidine groups is 1. The number of anilines is 2. The maximum Gasteiger partial charge on any atom is 0.338 e. The van der Waals surface area contributed by atoms with Crippen LogP contribution < -0.4 is 15.4 Å². The van der Waals surface area contributed by atoms with Gasteiger partial charge in [0.1, 0.15) is 5.75 Å². The Morgan fingerprint density at radius 2 is 2.00 bits per heavy atom. The number of amides is 2. The smallest absolute Gasteiger partial charge is 0.338 e. The van der Waals surface area contributed by atoms with E-state index in [-0.39, 0.29) is 12.0 Å². The molecule has 0 radical (unpaired) electrons. The lowest BCUT2D eigenvalue weighted by Gasteiger charge is -2.40. The summed E-state index contributed by atoms with van der Waals surface area (Å²) < 4.78 is 10.7. The van der Waals surface area contributed by atoms with Crippen molar-refractivity contribution in [3.8, 4) is 5.75 Å². The molecule has 0 saturated carbocycles. The molecular formula is C25H28N4O4S. The van der Waals surface area contributed by atoms with E-state index in [0.717, 1.165) is 29.4 Å². The minimum atomic E-state index is -0.390. The summed E-state index contributed by atoms with van der Waals surface area (Å²) >= 11 is 1.69. The molecule has 2 aliphatic rings. The number of allylic oxidation sites excluding steroid dienone is 1. The number of nitrogens with one attached hydrogen (secondary N) is 2. The third kappa shape index (κ3) is 5.04. The van der Waals surface area contributed by atoms with E-state index in [9.17, 15) is 9.59 Å². The molecule has 178 valence electrons. The fourth-order valence-electron chi connectivity index (χ4n) is 4.10. The monoisotopic (exact) mass is 480 g/mol. The average molecular weight is 481 g/mol. The molecule has 2 amide bonds. The van der Waals surface area contributed by atoms with Gasteiger partial charge in [0.25, 0.3) is 0 Å². The summed E-state index contributed by atoms with van der Waals surface area (Å²) in [5.41, 5.74) is 3.26. The number of urea groups is 1. The van der Waals surface area contributed by atoms with E-state index < -0.39 is 6.03 Å². The van der Waals surface area contributed by atoms with Crippen molar-refractivity contribution in [2.24, 2.45) is 4.99 Å². The zero-order valence-corrected chi connectivity index (χ0v) is 20.3. The van der Waals surface area contributed by atoms with Crippen LogP contribution in [-0.4, -0.2) is 48.1 Å². The van der Waals surface area contributed by atoms with Crippen LogP contribution in [0.25, 0.3) is 0 Å². The third-order valence-electron chi connectivity index (χ3n) is 5.57. The Morgan fingerprint density at radius 3 is 2.79 bits per heavy atom. The van der Waals surface area contributed by atoms with E-state index in [0.29, 0.717) is 35.0 Å². The Kier molecular flexibility index (Phi) is 7.42. The molecule has 8 nitrogen and oxygen atoms in total. The fourth-order valence-corrected chi connectivity index (χ4v) is 5.12. The lowest BCUT2D eigenvalue weighted by atomic mass is 9.94. The highest BCUT2D eigenvalue weighted by atomic mass is 32.2. The van der Waals surface area contributed by atoms with Gasteiger partial charge in [-0.3, -0.25) is 0 Å². The quantitative estimate of drug-likeness (QED) is 0.564. The molecule has 2 N–H and O–H groups in total. The third-order valence-corrected chi connectivity index (χ3v) is 6.65. The summed E-state index contributed by atoms with van der Waals surface area (Å²) in [7, 11) is 1.55. The first kappa shape index (κ1) is 23.7. The lowest BCUT2D eigenvalue weighted by Crippen LogP contribution is -2.42. The van der Waals surface area contributed by atoms with Gasteiger partial charge in [0, 0.05) is 18.0 Å². The normalized spacial score (nSPS) is 17.4. The van der Waals surface area contributed by atoms with Gasteiger partial charge in [0.05, 0.1) is 36.7 Å². The molecule has 34 heavy (non-hydrogen) atoms. The lowest BCUT2D eigenvalue weighted by molar-refractivity contribution is -0.139. The summed E-state index contributed by atoms with van der Waals surface area (Å²) in [5, 5.41) is 6.61. The Bertz CT molecular complexity index is 1150. The SMILES string of the molecule is CCOC(=O)C1=C(C)N=C2SCCCN2C1c1cccc(NC(=O)Nc2ccccc2OC)c1. The first-order valence-corrected chi connectivity index (χ1v) is 12.2. The molecule has 1 atom stereocenters. The van der Waals surface area contributed by atoms with Crippen molar-refractivity contribution >= 4 is 40.3 Å². The van der Waals surface area contributed by atoms with E-state index in [2.05, 4.69) is 15.5 Å². The molecule has 2 aliphatic heterocycles. The van der Waals surface area contributed by atoms with Crippen LogP contribution in [0.4, 0.5) is 16.2 Å². The Hall–Kier alpha value is -3.46. The molecule has 1 saturated heterocycles. The summed E-state index contributed by atoms with van der Waals surface area (Å²) in [6.07, 6.45) is 0.995. The Labute approximate surface area is 203 Å². The molecule has 0 bridgehead atoms. The number of rotatable bonds is 6. The van der Waals surface area contributed by atoms with E-state index in [1.807, 2.05) is 43.3 Å². The second-order valence-corrected chi connectivity index (χ2v) is 8.88. The number of carbonyl (C=O) groups excluding carboxylic acids is 2. The molecule has 1 unspecified atom stereocenters. The number of ether oxygens (including phenoxy) is 2. The van der Waals surface area contributed by atoms with Crippen LogP contribution >= 0.6 is 11.8 Å². The molecule has 0 aromatic heterocycles. The van der Waals surface area contributed by atoms with Crippen LogP contribution in [0.15, 0.2) is 64.8 Å². The predicted molar refractivity (Wildman–Crippen MR) is 135 cm³/mol. The second-order valence-electron chi connectivity index (χ2n) is 7.82. The maximum absolute atomic E-state index is 12.9. The van der Waals surface area contributed by atoms with Crippen molar-refractivity contribution < 1.29 is 19.1 Å². The first-order chi connectivity index (χ1) is 16.5. The van der Waals surface area contributed by atoms with Crippen LogP contribution in [0, 0.1) is 0 Å². The van der Waals surface area contributed by atoms with E-state index in [1.54, 1.807) is 37.9 Å². The number of aliphatic imine (C=N–C) groups is 1. The number of hydrogen-bond donors (Lipinski definition) is 2. The van der Waals surface area contributed by atoms with Gasteiger partial charge in [-0.15, -0.1) is 0 Å².